The molecule has 1 aliphatic carbocycles. The molecular formula is C13H16BrClO. The molecule has 1 nitrogen and oxygen atoms in total. The number of benzene rings is 1. The zero-order chi connectivity index (χ0) is 11.8. The molecule has 0 spiro atoms. The molecule has 1 aliphatic rings. The van der Waals surface area contributed by atoms with Gasteiger partial charge in [-0.05, 0) is 24.1 Å². The van der Waals surface area contributed by atoms with Gasteiger partial charge >= 0.3 is 0 Å². The lowest BCUT2D eigenvalue weighted by Crippen LogP contribution is -2.51. The topological polar surface area (TPSA) is 9.23 Å². The second-order valence-electron chi connectivity index (χ2n) is 4.95. The molecule has 0 aliphatic heterocycles. The quantitative estimate of drug-likeness (QED) is 0.753. The summed E-state index contributed by atoms with van der Waals surface area (Å²) in [7, 11) is 0. The van der Waals surface area contributed by atoms with Crippen LogP contribution in [0.4, 0.5) is 0 Å². The van der Waals surface area contributed by atoms with Crippen LogP contribution in [0.2, 0.25) is 0 Å². The minimum Gasteiger partial charge on any atom is -0.373 e. The highest BCUT2D eigenvalue weighted by atomic mass is 79.9. The molecule has 2 rings (SSSR count). The van der Waals surface area contributed by atoms with Gasteiger partial charge < -0.3 is 4.74 Å². The largest absolute Gasteiger partial charge is 0.373 e. The van der Waals surface area contributed by atoms with Crippen LogP contribution in [0.3, 0.4) is 0 Å². The Labute approximate surface area is 110 Å². The summed E-state index contributed by atoms with van der Waals surface area (Å²) in [4.78, 5) is 0. The van der Waals surface area contributed by atoms with Crippen LogP contribution in [0.5, 0.6) is 0 Å². The Kier molecular flexibility index (Phi) is 3.62. The lowest BCUT2D eigenvalue weighted by Gasteiger charge is -2.48. The van der Waals surface area contributed by atoms with Crippen LogP contribution >= 0.6 is 27.5 Å². The molecule has 1 fully saturated rings. The van der Waals surface area contributed by atoms with E-state index in [1.54, 1.807) is 0 Å². The first-order valence-electron chi connectivity index (χ1n) is 5.50. The molecule has 0 amide bonds. The van der Waals surface area contributed by atoms with Gasteiger partial charge in [-0.25, -0.2) is 0 Å². The van der Waals surface area contributed by atoms with Crippen molar-refractivity contribution >= 4 is 27.5 Å². The van der Waals surface area contributed by atoms with E-state index in [1.165, 1.54) is 5.56 Å². The van der Waals surface area contributed by atoms with Crippen molar-refractivity contribution in [1.82, 2.24) is 0 Å². The average Bonchev–Trinajstić information content (AvgIpc) is 2.26. The monoisotopic (exact) mass is 302 g/mol. The van der Waals surface area contributed by atoms with Crippen molar-refractivity contribution in [2.75, 3.05) is 0 Å². The maximum atomic E-state index is 6.15. The summed E-state index contributed by atoms with van der Waals surface area (Å²) < 4.78 is 6.99. The fourth-order valence-corrected chi connectivity index (χ4v) is 2.46. The van der Waals surface area contributed by atoms with Crippen molar-refractivity contribution in [3.8, 4) is 0 Å². The molecule has 0 saturated heterocycles. The molecule has 0 heterocycles. The molecular weight excluding hydrogens is 287 g/mol. The molecule has 1 saturated carbocycles. The highest BCUT2D eigenvalue weighted by Crippen LogP contribution is 2.46. The summed E-state index contributed by atoms with van der Waals surface area (Å²) in [5, 5.41) is 0.252. The van der Waals surface area contributed by atoms with E-state index < -0.39 is 0 Å². The molecule has 1 aromatic carbocycles. The van der Waals surface area contributed by atoms with Gasteiger partial charge in [0, 0.05) is 15.3 Å². The lowest BCUT2D eigenvalue weighted by atomic mass is 9.68. The first kappa shape index (κ1) is 12.4. The summed E-state index contributed by atoms with van der Waals surface area (Å²) in [6.45, 7) is 5.01. The predicted molar refractivity (Wildman–Crippen MR) is 70.8 cm³/mol. The Bertz CT molecular complexity index is 361. The van der Waals surface area contributed by atoms with Crippen LogP contribution < -0.4 is 0 Å². The Balaban J connectivity index is 1.87. The van der Waals surface area contributed by atoms with E-state index in [4.69, 9.17) is 16.3 Å². The number of rotatable bonds is 3. The van der Waals surface area contributed by atoms with Crippen molar-refractivity contribution in [3.05, 3.63) is 34.3 Å². The van der Waals surface area contributed by atoms with E-state index in [9.17, 15) is 0 Å². The van der Waals surface area contributed by atoms with E-state index in [1.807, 2.05) is 12.1 Å². The van der Waals surface area contributed by atoms with Crippen molar-refractivity contribution in [2.45, 2.75) is 38.4 Å². The average molecular weight is 304 g/mol. The normalized spacial score (nSPS) is 27.5. The van der Waals surface area contributed by atoms with E-state index in [0.29, 0.717) is 12.7 Å². The first-order valence-corrected chi connectivity index (χ1v) is 6.73. The predicted octanol–water partition coefficient (Wildman–Crippen LogP) is 4.37. The summed E-state index contributed by atoms with van der Waals surface area (Å²) >= 11 is 9.57. The Hall–Kier alpha value is -0.0500. The zero-order valence-corrected chi connectivity index (χ0v) is 11.9. The van der Waals surface area contributed by atoms with Gasteiger partial charge in [-0.3, -0.25) is 0 Å². The van der Waals surface area contributed by atoms with E-state index in [0.717, 1.165) is 10.9 Å². The molecule has 0 N–H and O–H groups in total. The van der Waals surface area contributed by atoms with Gasteiger partial charge in [0.1, 0.15) is 0 Å². The highest BCUT2D eigenvalue weighted by Gasteiger charge is 2.47. The van der Waals surface area contributed by atoms with E-state index in [2.05, 4.69) is 41.9 Å². The van der Waals surface area contributed by atoms with Gasteiger partial charge in [0.15, 0.2) is 0 Å². The third-order valence-electron chi connectivity index (χ3n) is 3.42. The van der Waals surface area contributed by atoms with Gasteiger partial charge in [0.2, 0.25) is 0 Å². The molecule has 0 radical (unpaired) electrons. The van der Waals surface area contributed by atoms with Gasteiger partial charge in [0.05, 0.1) is 12.7 Å². The van der Waals surface area contributed by atoms with Crippen LogP contribution in [0.25, 0.3) is 0 Å². The Morgan fingerprint density at radius 1 is 1.38 bits per heavy atom. The molecule has 2 unspecified atom stereocenters. The zero-order valence-electron chi connectivity index (χ0n) is 9.54. The summed E-state index contributed by atoms with van der Waals surface area (Å²) in [5.41, 5.74) is 1.31. The molecule has 0 bridgehead atoms. The van der Waals surface area contributed by atoms with Crippen LogP contribution in [0, 0.1) is 5.41 Å². The second kappa shape index (κ2) is 4.67. The van der Waals surface area contributed by atoms with Gasteiger partial charge in [-0.15, -0.1) is 11.6 Å². The SMILES string of the molecule is CC1(C)C(Cl)CC1OCc1ccc(Br)cc1. The van der Waals surface area contributed by atoms with Crippen LogP contribution in [-0.4, -0.2) is 11.5 Å². The Morgan fingerprint density at radius 3 is 2.50 bits per heavy atom. The number of ether oxygens (including phenoxy) is 1. The van der Waals surface area contributed by atoms with E-state index in [-0.39, 0.29) is 10.8 Å². The maximum Gasteiger partial charge on any atom is 0.0720 e. The lowest BCUT2D eigenvalue weighted by molar-refractivity contribution is -0.0967. The third kappa shape index (κ3) is 2.44. The van der Waals surface area contributed by atoms with Gasteiger partial charge in [-0.1, -0.05) is 41.9 Å². The van der Waals surface area contributed by atoms with Crippen molar-refractivity contribution < 1.29 is 4.74 Å². The van der Waals surface area contributed by atoms with Crippen LogP contribution in [0.15, 0.2) is 28.7 Å². The minimum atomic E-state index is 0.108. The molecule has 1 aromatic rings. The van der Waals surface area contributed by atoms with Gasteiger partial charge in [0.25, 0.3) is 0 Å². The summed E-state index contributed by atoms with van der Waals surface area (Å²) in [6, 6.07) is 8.23. The molecule has 88 valence electrons. The summed E-state index contributed by atoms with van der Waals surface area (Å²) in [6.07, 6.45) is 1.25. The molecule has 0 aromatic heterocycles. The Morgan fingerprint density at radius 2 is 2.00 bits per heavy atom. The highest BCUT2D eigenvalue weighted by molar-refractivity contribution is 9.10. The number of halogens is 2. The minimum absolute atomic E-state index is 0.108. The number of alkyl halides is 1. The van der Waals surface area contributed by atoms with Crippen molar-refractivity contribution in [3.63, 3.8) is 0 Å². The number of hydrogen-bond donors (Lipinski definition) is 0. The molecule has 16 heavy (non-hydrogen) atoms. The van der Waals surface area contributed by atoms with Crippen LogP contribution in [0.1, 0.15) is 25.8 Å². The number of hydrogen-bond acceptors (Lipinski definition) is 1. The van der Waals surface area contributed by atoms with Crippen molar-refractivity contribution in [1.29, 1.82) is 0 Å². The summed E-state index contributed by atoms with van der Waals surface area (Å²) in [5.74, 6) is 0. The third-order valence-corrected chi connectivity index (χ3v) is 4.69. The molecule has 3 heteroatoms. The van der Waals surface area contributed by atoms with Crippen LogP contribution in [-0.2, 0) is 11.3 Å². The standard InChI is InChI=1S/C13H16BrClO/c1-13(2)11(15)7-12(13)16-8-9-3-5-10(14)6-4-9/h3-6,11-12H,7-8H2,1-2H3. The fraction of sp³-hybridized carbons (Fsp3) is 0.538. The maximum absolute atomic E-state index is 6.15. The first-order chi connectivity index (χ1) is 7.50. The smallest absolute Gasteiger partial charge is 0.0720 e. The fourth-order valence-electron chi connectivity index (χ4n) is 1.90. The van der Waals surface area contributed by atoms with E-state index >= 15 is 0 Å². The van der Waals surface area contributed by atoms with Crippen molar-refractivity contribution in [2.24, 2.45) is 5.41 Å². The molecule has 2 atom stereocenters. The van der Waals surface area contributed by atoms with Gasteiger partial charge in [-0.2, -0.15) is 0 Å². The second-order valence-corrected chi connectivity index (χ2v) is 6.39.